The molecule has 0 aliphatic carbocycles. The summed E-state index contributed by atoms with van der Waals surface area (Å²) in [7, 11) is 0. The molecule has 5 nitrogen and oxygen atoms in total. The second-order valence-electron chi connectivity index (χ2n) is 12.3. The van der Waals surface area contributed by atoms with Crippen LogP contribution < -0.4 is 0 Å². The van der Waals surface area contributed by atoms with Gasteiger partial charge >= 0.3 is 0 Å². The molecular formula is C45H25N5. The zero-order valence-corrected chi connectivity index (χ0v) is 26.7. The Morgan fingerprint density at radius 1 is 0.380 bits per heavy atom. The molecule has 0 amide bonds. The Morgan fingerprint density at radius 2 is 0.980 bits per heavy atom. The van der Waals surface area contributed by atoms with Crippen LogP contribution in [-0.2, 0) is 0 Å². The van der Waals surface area contributed by atoms with Crippen molar-refractivity contribution in [2.75, 3.05) is 0 Å². The van der Waals surface area contributed by atoms with Gasteiger partial charge in [-0.3, -0.25) is 0 Å². The molecule has 0 N–H and O–H groups in total. The molecule has 9 aromatic rings. The van der Waals surface area contributed by atoms with Crippen molar-refractivity contribution in [3.63, 3.8) is 0 Å². The highest BCUT2D eigenvalue weighted by Crippen LogP contribution is 2.40. The quantitative estimate of drug-likeness (QED) is 0.193. The molecule has 0 radical (unpaired) electrons. The van der Waals surface area contributed by atoms with E-state index < -0.39 is 0 Å². The molecule has 0 bridgehead atoms. The second-order valence-corrected chi connectivity index (χ2v) is 12.3. The van der Waals surface area contributed by atoms with E-state index in [0.717, 1.165) is 77.2 Å². The predicted molar refractivity (Wildman–Crippen MR) is 200 cm³/mol. The van der Waals surface area contributed by atoms with Crippen LogP contribution in [0.4, 0.5) is 0 Å². The van der Waals surface area contributed by atoms with Gasteiger partial charge in [0, 0.05) is 32.8 Å². The number of hydrogen-bond donors (Lipinski definition) is 0. The zero-order chi connectivity index (χ0) is 33.8. The average Bonchev–Trinajstić information content (AvgIpc) is 3.69. The number of nitriles is 3. The van der Waals surface area contributed by atoms with Crippen molar-refractivity contribution in [3.8, 4) is 51.8 Å². The maximum Gasteiger partial charge on any atom is 0.0998 e. The van der Waals surface area contributed by atoms with Crippen LogP contribution in [0.1, 0.15) is 16.7 Å². The normalized spacial score (nSPS) is 11.1. The van der Waals surface area contributed by atoms with Gasteiger partial charge in [-0.25, -0.2) is 0 Å². The first-order chi connectivity index (χ1) is 24.7. The van der Waals surface area contributed by atoms with Crippen LogP contribution in [0, 0.1) is 34.0 Å². The Morgan fingerprint density at radius 3 is 1.76 bits per heavy atom. The van der Waals surface area contributed by atoms with E-state index in [0.29, 0.717) is 16.7 Å². The molecule has 5 heteroatoms. The molecule has 0 aliphatic rings. The number of rotatable bonds is 4. The fourth-order valence-corrected chi connectivity index (χ4v) is 7.42. The molecule has 230 valence electrons. The minimum absolute atomic E-state index is 0.576. The number of aromatic nitrogens is 2. The van der Waals surface area contributed by atoms with E-state index in [-0.39, 0.29) is 0 Å². The Hall–Kier alpha value is -7.39. The van der Waals surface area contributed by atoms with E-state index in [2.05, 4.69) is 100 Å². The highest BCUT2D eigenvalue weighted by atomic mass is 15.0. The van der Waals surface area contributed by atoms with Crippen molar-refractivity contribution in [1.29, 1.82) is 15.8 Å². The van der Waals surface area contributed by atoms with E-state index in [1.54, 1.807) is 0 Å². The summed E-state index contributed by atoms with van der Waals surface area (Å²) in [6, 6.07) is 57.8. The van der Waals surface area contributed by atoms with Gasteiger partial charge < -0.3 is 9.13 Å². The maximum atomic E-state index is 10.4. The first-order valence-corrected chi connectivity index (χ1v) is 16.3. The third-order valence-electron chi connectivity index (χ3n) is 9.60. The molecule has 0 aliphatic heterocycles. The molecule has 0 atom stereocenters. The van der Waals surface area contributed by atoms with Gasteiger partial charge in [-0.05, 0) is 89.5 Å². The minimum atomic E-state index is 0.576. The Labute approximate surface area is 287 Å². The summed E-state index contributed by atoms with van der Waals surface area (Å²) in [6.07, 6.45) is 0. The average molecular weight is 636 g/mol. The highest BCUT2D eigenvalue weighted by molar-refractivity contribution is 6.11. The van der Waals surface area contributed by atoms with E-state index >= 15 is 0 Å². The lowest BCUT2D eigenvalue weighted by Gasteiger charge is -2.16. The first kappa shape index (κ1) is 28.8. The monoisotopic (exact) mass is 635 g/mol. The van der Waals surface area contributed by atoms with E-state index in [1.165, 1.54) is 0 Å². The van der Waals surface area contributed by atoms with Gasteiger partial charge in [-0.1, -0.05) is 78.9 Å². The Kier molecular flexibility index (Phi) is 6.56. The molecule has 2 aromatic heterocycles. The molecule has 9 rings (SSSR count). The highest BCUT2D eigenvalue weighted by Gasteiger charge is 2.19. The summed E-state index contributed by atoms with van der Waals surface area (Å²) in [5.41, 5.74) is 11.5. The number of fused-ring (bicyclic) bond motifs is 6. The largest absolute Gasteiger partial charge is 0.309 e. The summed E-state index contributed by atoms with van der Waals surface area (Å²) in [6.45, 7) is 0. The lowest BCUT2D eigenvalue weighted by atomic mass is 9.94. The van der Waals surface area contributed by atoms with Gasteiger partial charge in [-0.15, -0.1) is 0 Å². The number of hydrogen-bond acceptors (Lipinski definition) is 3. The van der Waals surface area contributed by atoms with Crippen LogP contribution in [0.3, 0.4) is 0 Å². The van der Waals surface area contributed by atoms with Crippen molar-refractivity contribution in [1.82, 2.24) is 9.13 Å². The fourth-order valence-electron chi connectivity index (χ4n) is 7.42. The number of benzene rings is 7. The smallest absolute Gasteiger partial charge is 0.0998 e. The predicted octanol–water partition coefficient (Wildman–Crippen LogP) is 10.8. The molecule has 2 heterocycles. The molecule has 0 spiro atoms. The summed E-state index contributed by atoms with van der Waals surface area (Å²) >= 11 is 0. The SMILES string of the molecule is N#Cc1ccc2c(c1)c1ccccc1n2-c1cccc(C#N)c1-c1cccc(-c2cccc(-n3c4ccccc4c4ccc(C#N)cc43)c2)c1. The maximum absolute atomic E-state index is 10.4. The van der Waals surface area contributed by atoms with Crippen LogP contribution in [0.2, 0.25) is 0 Å². The molecule has 0 unspecified atom stereocenters. The van der Waals surface area contributed by atoms with Crippen LogP contribution in [0.25, 0.3) is 77.2 Å². The van der Waals surface area contributed by atoms with Crippen molar-refractivity contribution in [2.45, 2.75) is 0 Å². The van der Waals surface area contributed by atoms with Crippen LogP contribution in [0.5, 0.6) is 0 Å². The summed E-state index contributed by atoms with van der Waals surface area (Å²) in [5, 5.41) is 34.0. The van der Waals surface area contributed by atoms with Crippen molar-refractivity contribution < 1.29 is 0 Å². The lowest BCUT2D eigenvalue weighted by molar-refractivity contribution is 1.18. The molecule has 7 aromatic carbocycles. The topological polar surface area (TPSA) is 81.2 Å². The van der Waals surface area contributed by atoms with Gasteiger partial charge in [0.05, 0.1) is 62.7 Å². The number of nitrogens with zero attached hydrogens (tertiary/aromatic N) is 5. The molecule has 0 saturated carbocycles. The van der Waals surface area contributed by atoms with Crippen LogP contribution in [0.15, 0.2) is 152 Å². The zero-order valence-electron chi connectivity index (χ0n) is 26.7. The third-order valence-corrected chi connectivity index (χ3v) is 9.60. The van der Waals surface area contributed by atoms with Crippen LogP contribution >= 0.6 is 0 Å². The van der Waals surface area contributed by atoms with Gasteiger partial charge in [0.2, 0.25) is 0 Å². The van der Waals surface area contributed by atoms with Gasteiger partial charge in [0.25, 0.3) is 0 Å². The van der Waals surface area contributed by atoms with Gasteiger partial charge in [-0.2, -0.15) is 15.8 Å². The van der Waals surface area contributed by atoms with Gasteiger partial charge in [0.1, 0.15) is 0 Å². The molecule has 50 heavy (non-hydrogen) atoms. The minimum Gasteiger partial charge on any atom is -0.309 e. The standard InChI is InChI=1S/C45H25N5/c46-26-29-19-21-42-39(22-29)37-14-2-4-16-41(37)50(42)43-17-7-11-34(28-48)45(43)33-10-5-8-31(24-33)32-9-6-12-35(25-32)49-40-15-3-1-13-36(40)38-20-18-30(27-47)23-44(38)49/h1-25H. The Balaban J connectivity index is 1.23. The summed E-state index contributed by atoms with van der Waals surface area (Å²) in [5.74, 6) is 0. The first-order valence-electron chi connectivity index (χ1n) is 16.3. The Bertz CT molecular complexity index is 2970. The second kappa shape index (κ2) is 11.4. The van der Waals surface area contributed by atoms with Crippen LogP contribution in [-0.4, -0.2) is 9.13 Å². The third kappa shape index (κ3) is 4.38. The molecule has 0 fully saturated rings. The summed E-state index contributed by atoms with van der Waals surface area (Å²) < 4.78 is 4.43. The molecular weight excluding hydrogens is 611 g/mol. The van der Waals surface area contributed by atoms with Crippen molar-refractivity contribution >= 4 is 43.6 Å². The number of para-hydroxylation sites is 2. The van der Waals surface area contributed by atoms with E-state index in [9.17, 15) is 15.8 Å². The van der Waals surface area contributed by atoms with E-state index in [4.69, 9.17) is 0 Å². The van der Waals surface area contributed by atoms with Gasteiger partial charge in [0.15, 0.2) is 0 Å². The van der Waals surface area contributed by atoms with Crippen molar-refractivity contribution in [2.24, 2.45) is 0 Å². The van der Waals surface area contributed by atoms with E-state index in [1.807, 2.05) is 78.9 Å². The lowest BCUT2D eigenvalue weighted by Crippen LogP contribution is -1.99. The molecule has 0 saturated heterocycles. The summed E-state index contributed by atoms with van der Waals surface area (Å²) in [4.78, 5) is 0. The fraction of sp³-hybridized carbons (Fsp3) is 0. The van der Waals surface area contributed by atoms with Crippen molar-refractivity contribution in [3.05, 3.63) is 168 Å².